The predicted molar refractivity (Wildman–Crippen MR) is 90.7 cm³/mol. The zero-order valence-electron chi connectivity index (χ0n) is 12.7. The number of halogens is 1. The van der Waals surface area contributed by atoms with Crippen LogP contribution in [0.1, 0.15) is 37.0 Å². The second-order valence-corrected chi connectivity index (χ2v) is 7.21. The topological polar surface area (TPSA) is 58.2 Å². The number of rotatable bonds is 8. The highest BCUT2D eigenvalue weighted by molar-refractivity contribution is 7.84. The van der Waals surface area contributed by atoms with E-state index >= 15 is 0 Å². The third-order valence-corrected chi connectivity index (χ3v) is 4.80. The molecule has 2 N–H and O–H groups in total. The third kappa shape index (κ3) is 6.06. The molecule has 1 aromatic carbocycles. The van der Waals surface area contributed by atoms with Crippen molar-refractivity contribution in [2.75, 3.05) is 24.7 Å². The lowest BCUT2D eigenvalue weighted by atomic mass is 10.1. The van der Waals surface area contributed by atoms with Gasteiger partial charge in [0, 0.05) is 46.1 Å². The average Bonchev–Trinajstić information content (AvgIpc) is 2.45. The molecule has 0 aromatic heterocycles. The van der Waals surface area contributed by atoms with Gasteiger partial charge in [-0.2, -0.15) is 0 Å². The first kappa shape index (κ1) is 18.0. The molecule has 0 spiro atoms. The second-order valence-electron chi connectivity index (χ2n) is 4.97. The van der Waals surface area contributed by atoms with Crippen molar-refractivity contribution >= 4 is 34.0 Å². The highest BCUT2D eigenvalue weighted by Gasteiger charge is 2.13. The fourth-order valence-corrected chi connectivity index (χ4v) is 2.39. The number of hydrogen-bond donors (Lipinski definition) is 2. The predicted octanol–water partition coefficient (Wildman–Crippen LogP) is 3.05. The van der Waals surface area contributed by atoms with Crippen molar-refractivity contribution in [3.8, 4) is 0 Å². The number of hydrogen-bond acceptors (Lipinski definition) is 3. The van der Waals surface area contributed by atoms with Gasteiger partial charge in [0.2, 0.25) is 0 Å². The molecule has 1 aromatic rings. The van der Waals surface area contributed by atoms with Crippen LogP contribution in [0, 0.1) is 0 Å². The number of carbonyl (C=O) groups excluding carboxylic acids is 1. The minimum absolute atomic E-state index is 0.0716. The van der Waals surface area contributed by atoms with Crippen LogP contribution in [-0.4, -0.2) is 34.7 Å². The maximum atomic E-state index is 12.2. The largest absolute Gasteiger partial charge is 0.384 e. The summed E-state index contributed by atoms with van der Waals surface area (Å²) in [5.74, 6) is -0.162. The molecule has 0 aliphatic carbocycles. The SMILES string of the molecule is CCCNc1ccc(Cl)cc1C(=O)NCCC(C)S(C)=O. The van der Waals surface area contributed by atoms with Gasteiger partial charge in [-0.1, -0.05) is 25.4 Å². The van der Waals surface area contributed by atoms with E-state index in [1.54, 1.807) is 18.4 Å². The molecule has 1 amide bonds. The lowest BCUT2D eigenvalue weighted by Gasteiger charge is -2.13. The van der Waals surface area contributed by atoms with Gasteiger partial charge in [0.05, 0.1) is 5.56 Å². The molecule has 0 saturated carbocycles. The molecule has 0 heterocycles. The summed E-state index contributed by atoms with van der Waals surface area (Å²) in [4.78, 5) is 12.2. The normalized spacial score (nSPS) is 13.5. The van der Waals surface area contributed by atoms with Crippen molar-refractivity contribution < 1.29 is 9.00 Å². The summed E-state index contributed by atoms with van der Waals surface area (Å²) in [6, 6.07) is 5.24. The Morgan fingerprint density at radius 3 is 2.71 bits per heavy atom. The van der Waals surface area contributed by atoms with E-state index in [0.29, 0.717) is 23.6 Å². The quantitative estimate of drug-likeness (QED) is 0.770. The zero-order chi connectivity index (χ0) is 15.8. The van der Waals surface area contributed by atoms with Crippen LogP contribution in [0.2, 0.25) is 5.02 Å². The van der Waals surface area contributed by atoms with Gasteiger partial charge in [0.1, 0.15) is 0 Å². The van der Waals surface area contributed by atoms with Crippen LogP contribution in [0.25, 0.3) is 0 Å². The van der Waals surface area contributed by atoms with Gasteiger partial charge in [-0.05, 0) is 31.0 Å². The van der Waals surface area contributed by atoms with Crippen LogP contribution in [0.4, 0.5) is 5.69 Å². The van der Waals surface area contributed by atoms with Crippen molar-refractivity contribution in [2.45, 2.75) is 31.9 Å². The van der Waals surface area contributed by atoms with E-state index in [1.807, 2.05) is 13.0 Å². The van der Waals surface area contributed by atoms with Crippen molar-refractivity contribution in [1.29, 1.82) is 0 Å². The van der Waals surface area contributed by atoms with Crippen LogP contribution in [0.15, 0.2) is 18.2 Å². The molecule has 0 aliphatic rings. The molecule has 0 saturated heterocycles. The Bertz CT molecular complexity index is 508. The molecule has 1 rings (SSSR count). The number of benzene rings is 1. The summed E-state index contributed by atoms with van der Waals surface area (Å²) in [7, 11) is -0.867. The lowest BCUT2D eigenvalue weighted by molar-refractivity contribution is 0.0954. The Morgan fingerprint density at radius 1 is 1.38 bits per heavy atom. The summed E-state index contributed by atoms with van der Waals surface area (Å²) in [6.45, 7) is 5.28. The van der Waals surface area contributed by atoms with Gasteiger partial charge >= 0.3 is 0 Å². The van der Waals surface area contributed by atoms with Crippen molar-refractivity contribution in [3.05, 3.63) is 28.8 Å². The third-order valence-electron chi connectivity index (χ3n) is 3.19. The molecule has 4 nitrogen and oxygen atoms in total. The highest BCUT2D eigenvalue weighted by atomic mass is 35.5. The Kier molecular flexibility index (Phi) is 7.75. The molecule has 0 radical (unpaired) electrons. The maximum absolute atomic E-state index is 12.2. The Morgan fingerprint density at radius 2 is 2.10 bits per heavy atom. The molecule has 0 aliphatic heterocycles. The highest BCUT2D eigenvalue weighted by Crippen LogP contribution is 2.20. The molecule has 2 atom stereocenters. The van der Waals surface area contributed by atoms with Gasteiger partial charge in [-0.15, -0.1) is 0 Å². The first-order valence-electron chi connectivity index (χ1n) is 7.09. The summed E-state index contributed by atoms with van der Waals surface area (Å²) in [6.07, 6.45) is 3.34. The van der Waals surface area contributed by atoms with Crippen LogP contribution >= 0.6 is 11.6 Å². The van der Waals surface area contributed by atoms with Crippen molar-refractivity contribution in [1.82, 2.24) is 5.32 Å². The lowest BCUT2D eigenvalue weighted by Crippen LogP contribution is -2.28. The molecule has 21 heavy (non-hydrogen) atoms. The molecule has 118 valence electrons. The van der Waals surface area contributed by atoms with Crippen LogP contribution in [0.3, 0.4) is 0 Å². The number of amides is 1. The van der Waals surface area contributed by atoms with Crippen LogP contribution in [-0.2, 0) is 10.8 Å². The Labute approximate surface area is 134 Å². The van der Waals surface area contributed by atoms with Crippen LogP contribution in [0.5, 0.6) is 0 Å². The molecule has 0 bridgehead atoms. The van der Waals surface area contributed by atoms with E-state index in [1.165, 1.54) is 0 Å². The summed E-state index contributed by atoms with van der Waals surface area (Å²) < 4.78 is 11.3. The second kappa shape index (κ2) is 9.05. The van der Waals surface area contributed by atoms with E-state index in [0.717, 1.165) is 18.7 Å². The van der Waals surface area contributed by atoms with Crippen molar-refractivity contribution in [2.24, 2.45) is 0 Å². The minimum Gasteiger partial charge on any atom is -0.384 e. The maximum Gasteiger partial charge on any atom is 0.253 e. The fourth-order valence-electron chi connectivity index (χ4n) is 1.77. The summed E-state index contributed by atoms with van der Waals surface area (Å²) in [5, 5.41) is 6.68. The van der Waals surface area contributed by atoms with Gasteiger partial charge in [-0.3, -0.25) is 9.00 Å². The van der Waals surface area contributed by atoms with Gasteiger partial charge in [0.25, 0.3) is 5.91 Å². The molecule has 2 unspecified atom stereocenters. The summed E-state index contributed by atoms with van der Waals surface area (Å²) in [5.41, 5.74) is 1.33. The number of nitrogens with one attached hydrogen (secondary N) is 2. The Balaban J connectivity index is 2.67. The monoisotopic (exact) mass is 330 g/mol. The van der Waals surface area contributed by atoms with Gasteiger partial charge in [-0.25, -0.2) is 0 Å². The van der Waals surface area contributed by atoms with Gasteiger partial charge in [0.15, 0.2) is 0 Å². The van der Waals surface area contributed by atoms with E-state index in [-0.39, 0.29) is 11.2 Å². The van der Waals surface area contributed by atoms with Crippen LogP contribution < -0.4 is 10.6 Å². The first-order valence-corrected chi connectivity index (χ1v) is 9.09. The summed E-state index contributed by atoms with van der Waals surface area (Å²) >= 11 is 5.97. The van der Waals surface area contributed by atoms with E-state index in [2.05, 4.69) is 17.6 Å². The first-order chi connectivity index (χ1) is 9.95. The zero-order valence-corrected chi connectivity index (χ0v) is 14.3. The van der Waals surface area contributed by atoms with E-state index < -0.39 is 10.8 Å². The molecular formula is C15H23ClN2O2S. The number of carbonyl (C=O) groups is 1. The minimum atomic E-state index is -0.867. The Hall–Kier alpha value is -1.07. The smallest absolute Gasteiger partial charge is 0.253 e. The fraction of sp³-hybridized carbons (Fsp3) is 0.533. The molecular weight excluding hydrogens is 308 g/mol. The standard InChI is InChI=1S/C15H23ClN2O2S/c1-4-8-17-14-6-5-12(16)10-13(14)15(19)18-9-7-11(2)21(3)20/h5-6,10-11,17H,4,7-9H2,1-3H3,(H,18,19). The average molecular weight is 331 g/mol. The molecule has 0 fully saturated rings. The molecule has 6 heteroatoms. The number of anilines is 1. The van der Waals surface area contributed by atoms with E-state index in [4.69, 9.17) is 11.6 Å². The van der Waals surface area contributed by atoms with Crippen molar-refractivity contribution in [3.63, 3.8) is 0 Å². The van der Waals surface area contributed by atoms with Gasteiger partial charge < -0.3 is 10.6 Å². The van der Waals surface area contributed by atoms with E-state index in [9.17, 15) is 9.00 Å².